The van der Waals surface area contributed by atoms with Crippen LogP contribution in [0.3, 0.4) is 0 Å². The molecule has 2 rings (SSSR count). The number of nitrogens with zero attached hydrogens (tertiary/aromatic N) is 1. The van der Waals surface area contributed by atoms with Crippen molar-refractivity contribution in [2.24, 2.45) is 4.99 Å². The van der Waals surface area contributed by atoms with E-state index in [4.69, 9.17) is 14.2 Å². The molecule has 0 saturated heterocycles. The van der Waals surface area contributed by atoms with Gasteiger partial charge in [0.2, 0.25) is 0 Å². The van der Waals surface area contributed by atoms with Gasteiger partial charge in [-0.3, -0.25) is 4.99 Å². The minimum Gasteiger partial charge on any atom is -0.493 e. The Morgan fingerprint density at radius 3 is 2.63 bits per heavy atom. The third kappa shape index (κ3) is 5.95. The van der Waals surface area contributed by atoms with E-state index in [1.165, 1.54) is 0 Å². The van der Waals surface area contributed by atoms with Crippen molar-refractivity contribution in [3.8, 4) is 17.2 Å². The second-order valence-corrected chi connectivity index (χ2v) is 5.56. The van der Waals surface area contributed by atoms with Gasteiger partial charge in [0.15, 0.2) is 17.5 Å². The Labute approximate surface area is 160 Å². The molecule has 0 unspecified atom stereocenters. The third-order valence-electron chi connectivity index (χ3n) is 3.73. The van der Waals surface area contributed by atoms with Gasteiger partial charge in [-0.15, -0.1) is 0 Å². The van der Waals surface area contributed by atoms with E-state index >= 15 is 0 Å². The van der Waals surface area contributed by atoms with Crippen LogP contribution in [0.1, 0.15) is 12.5 Å². The summed E-state index contributed by atoms with van der Waals surface area (Å²) in [5, 5.41) is 6.54. The highest BCUT2D eigenvalue weighted by atomic mass is 16.5. The summed E-state index contributed by atoms with van der Waals surface area (Å²) in [5.41, 5.74) is 1.88. The number of guanidine groups is 1. The van der Waals surface area contributed by atoms with Crippen molar-refractivity contribution < 1.29 is 14.2 Å². The second kappa shape index (κ2) is 10.8. The highest BCUT2D eigenvalue weighted by Gasteiger charge is 2.08. The molecule has 0 aromatic heterocycles. The average molecular weight is 369 g/mol. The van der Waals surface area contributed by atoms with Gasteiger partial charge in [-0.05, 0) is 25.1 Å². The number of ether oxygens (including phenoxy) is 3. The molecule has 0 saturated carbocycles. The Balaban J connectivity index is 2.04. The normalized spacial score (nSPS) is 10.9. The van der Waals surface area contributed by atoms with Gasteiger partial charge in [-0.25, -0.2) is 0 Å². The molecule has 0 heterocycles. The van der Waals surface area contributed by atoms with Gasteiger partial charge in [-0.2, -0.15) is 0 Å². The lowest BCUT2D eigenvalue weighted by molar-refractivity contribution is 0.311. The van der Waals surface area contributed by atoms with Gasteiger partial charge in [0.05, 0.1) is 13.7 Å². The van der Waals surface area contributed by atoms with Crippen LogP contribution >= 0.6 is 0 Å². The maximum Gasteiger partial charge on any atom is 0.195 e. The zero-order valence-corrected chi connectivity index (χ0v) is 16.1. The fourth-order valence-corrected chi connectivity index (χ4v) is 2.45. The van der Waals surface area contributed by atoms with Crippen LogP contribution < -0.4 is 24.8 Å². The number of para-hydroxylation sites is 1. The topological polar surface area (TPSA) is 64.1 Å². The minimum atomic E-state index is 0.468. The molecule has 144 valence electrons. The molecule has 0 spiro atoms. The van der Waals surface area contributed by atoms with Crippen molar-refractivity contribution in [1.29, 1.82) is 0 Å². The molecule has 0 aliphatic heterocycles. The van der Waals surface area contributed by atoms with Gasteiger partial charge in [0.25, 0.3) is 0 Å². The molecule has 2 N–H and O–H groups in total. The van der Waals surface area contributed by atoms with Crippen LogP contribution in [0.4, 0.5) is 5.69 Å². The van der Waals surface area contributed by atoms with Crippen LogP contribution in [0.5, 0.6) is 17.2 Å². The Morgan fingerprint density at radius 1 is 1.11 bits per heavy atom. The predicted molar refractivity (Wildman–Crippen MR) is 110 cm³/mol. The summed E-state index contributed by atoms with van der Waals surface area (Å²) in [4.78, 5) is 4.27. The number of hydrogen-bond acceptors (Lipinski definition) is 4. The number of nitrogens with one attached hydrogen (secondary N) is 2. The van der Waals surface area contributed by atoms with Crippen LogP contribution in [0.25, 0.3) is 0 Å². The lowest BCUT2D eigenvalue weighted by atomic mass is 10.2. The number of benzene rings is 2. The van der Waals surface area contributed by atoms with E-state index in [0.717, 1.165) is 17.0 Å². The van der Waals surface area contributed by atoms with Crippen molar-refractivity contribution in [3.63, 3.8) is 0 Å². The van der Waals surface area contributed by atoms with E-state index in [1.54, 1.807) is 20.2 Å². The Hall–Kier alpha value is -3.15. The van der Waals surface area contributed by atoms with Crippen molar-refractivity contribution in [3.05, 3.63) is 60.7 Å². The molecule has 6 heteroatoms. The van der Waals surface area contributed by atoms with E-state index in [2.05, 4.69) is 22.2 Å². The molecular weight excluding hydrogens is 342 g/mol. The first-order chi connectivity index (χ1) is 13.2. The van der Waals surface area contributed by atoms with Crippen LogP contribution in [0.2, 0.25) is 0 Å². The lowest BCUT2D eigenvalue weighted by Gasteiger charge is -2.16. The van der Waals surface area contributed by atoms with E-state index in [9.17, 15) is 0 Å². The fraction of sp³-hybridized carbons (Fsp3) is 0.286. The Morgan fingerprint density at radius 2 is 1.93 bits per heavy atom. The summed E-state index contributed by atoms with van der Waals surface area (Å²) in [6, 6.07) is 13.5. The smallest absolute Gasteiger partial charge is 0.195 e. The molecule has 0 aliphatic rings. The summed E-state index contributed by atoms with van der Waals surface area (Å²) >= 11 is 0. The molecule has 0 amide bonds. The largest absolute Gasteiger partial charge is 0.493 e. The maximum atomic E-state index is 5.69. The molecule has 0 bridgehead atoms. The second-order valence-electron chi connectivity index (χ2n) is 5.56. The summed E-state index contributed by atoms with van der Waals surface area (Å²) in [7, 11) is 3.34. The number of hydrogen-bond donors (Lipinski definition) is 2. The molecule has 2 aromatic carbocycles. The number of anilines is 1. The fourth-order valence-electron chi connectivity index (χ4n) is 2.45. The molecule has 2 aromatic rings. The number of aliphatic imine (C=N–C) groups is 1. The van der Waals surface area contributed by atoms with Crippen LogP contribution in [-0.4, -0.2) is 33.3 Å². The van der Waals surface area contributed by atoms with E-state index < -0.39 is 0 Å². The van der Waals surface area contributed by atoms with E-state index in [-0.39, 0.29) is 0 Å². The number of methoxy groups -OCH3 is 1. The first-order valence-corrected chi connectivity index (χ1v) is 8.81. The van der Waals surface area contributed by atoms with Crippen molar-refractivity contribution in [2.45, 2.75) is 13.5 Å². The maximum absolute atomic E-state index is 5.69. The molecule has 6 nitrogen and oxygen atoms in total. The molecule has 0 fully saturated rings. The molecular formula is C21H27N3O3. The monoisotopic (exact) mass is 369 g/mol. The first-order valence-electron chi connectivity index (χ1n) is 8.81. The quantitative estimate of drug-likeness (QED) is 0.399. The molecule has 27 heavy (non-hydrogen) atoms. The first kappa shape index (κ1) is 20.2. The van der Waals surface area contributed by atoms with Gasteiger partial charge < -0.3 is 24.8 Å². The van der Waals surface area contributed by atoms with Crippen molar-refractivity contribution in [2.75, 3.05) is 32.7 Å². The predicted octanol–water partition coefficient (Wildman–Crippen LogP) is 3.85. The van der Waals surface area contributed by atoms with Gasteiger partial charge in [0.1, 0.15) is 12.4 Å². The molecule has 0 atom stereocenters. The van der Waals surface area contributed by atoms with Crippen molar-refractivity contribution >= 4 is 11.6 Å². The SMILES string of the molecule is C=CCOc1ccccc1CNC(=NC)Nc1ccc(OCC)c(OC)c1. The zero-order chi connectivity index (χ0) is 19.5. The van der Waals surface area contributed by atoms with Crippen LogP contribution in [0.15, 0.2) is 60.1 Å². The van der Waals surface area contributed by atoms with Crippen LogP contribution in [-0.2, 0) is 6.54 Å². The summed E-state index contributed by atoms with van der Waals surface area (Å²) in [5.74, 6) is 2.84. The van der Waals surface area contributed by atoms with Gasteiger partial charge in [0, 0.05) is 30.9 Å². The summed E-state index contributed by atoms with van der Waals surface area (Å²) < 4.78 is 16.6. The summed E-state index contributed by atoms with van der Waals surface area (Å²) in [6.07, 6.45) is 1.73. The van der Waals surface area contributed by atoms with E-state index in [1.807, 2.05) is 49.4 Å². The average Bonchev–Trinajstić information content (AvgIpc) is 2.71. The highest BCUT2D eigenvalue weighted by molar-refractivity contribution is 5.93. The van der Waals surface area contributed by atoms with E-state index in [0.29, 0.717) is 37.2 Å². The number of rotatable bonds is 9. The van der Waals surface area contributed by atoms with Crippen LogP contribution in [0, 0.1) is 0 Å². The highest BCUT2D eigenvalue weighted by Crippen LogP contribution is 2.30. The lowest BCUT2D eigenvalue weighted by Crippen LogP contribution is -2.30. The van der Waals surface area contributed by atoms with Crippen molar-refractivity contribution in [1.82, 2.24) is 5.32 Å². The standard InChI is InChI=1S/C21H27N3O3/c1-5-13-27-18-10-8-7-9-16(18)15-23-21(22-3)24-17-11-12-19(26-6-2)20(14-17)25-4/h5,7-12,14H,1,6,13,15H2,2-4H3,(H2,22,23,24). The Kier molecular flexibility index (Phi) is 8.03. The third-order valence-corrected chi connectivity index (χ3v) is 3.73. The summed E-state index contributed by atoms with van der Waals surface area (Å²) in [6.45, 7) is 7.24. The van der Waals surface area contributed by atoms with Gasteiger partial charge >= 0.3 is 0 Å². The minimum absolute atomic E-state index is 0.468. The zero-order valence-electron chi connectivity index (χ0n) is 16.1. The Bertz CT molecular complexity index is 775. The molecule has 0 aliphatic carbocycles. The van der Waals surface area contributed by atoms with Gasteiger partial charge in [-0.1, -0.05) is 30.9 Å². The molecule has 0 radical (unpaired) electrons.